The summed E-state index contributed by atoms with van der Waals surface area (Å²) in [6.07, 6.45) is 1.30. The van der Waals surface area contributed by atoms with Crippen molar-refractivity contribution in [2.24, 2.45) is 16.8 Å². The molecule has 1 aliphatic heterocycles. The molecule has 5 heteroatoms. The van der Waals surface area contributed by atoms with Gasteiger partial charge in [-0.05, 0) is 32.1 Å². The Hall–Kier alpha value is -1.52. The van der Waals surface area contributed by atoms with Gasteiger partial charge in [0.15, 0.2) is 5.96 Å². The summed E-state index contributed by atoms with van der Waals surface area (Å²) in [7, 11) is 1.83. The lowest BCUT2D eigenvalue weighted by molar-refractivity contribution is 0.208. The van der Waals surface area contributed by atoms with Crippen LogP contribution in [0.2, 0.25) is 0 Å². The molecule has 0 aliphatic carbocycles. The Morgan fingerprint density at radius 2 is 2.00 bits per heavy atom. The van der Waals surface area contributed by atoms with Crippen LogP contribution in [-0.2, 0) is 6.54 Å². The summed E-state index contributed by atoms with van der Waals surface area (Å²) in [5.41, 5.74) is 0.956. The van der Waals surface area contributed by atoms with Crippen LogP contribution in [0.1, 0.15) is 37.6 Å². The van der Waals surface area contributed by atoms with Gasteiger partial charge in [-0.2, -0.15) is 0 Å². The molecule has 0 saturated carbocycles. The highest BCUT2D eigenvalue weighted by Gasteiger charge is 2.24. The molecule has 5 nitrogen and oxygen atoms in total. The van der Waals surface area contributed by atoms with E-state index in [0.717, 1.165) is 36.4 Å². The van der Waals surface area contributed by atoms with Gasteiger partial charge in [-0.25, -0.2) is 4.98 Å². The molecule has 2 unspecified atom stereocenters. The van der Waals surface area contributed by atoms with Crippen LogP contribution in [0.25, 0.3) is 0 Å². The number of guanidine groups is 1. The highest BCUT2D eigenvalue weighted by atomic mass is 16.4. The third kappa shape index (κ3) is 3.52. The maximum absolute atomic E-state index is 5.59. The third-order valence-electron chi connectivity index (χ3n) is 3.85. The van der Waals surface area contributed by atoms with Crippen LogP contribution >= 0.6 is 0 Å². The van der Waals surface area contributed by atoms with Crippen LogP contribution in [0, 0.1) is 25.7 Å². The van der Waals surface area contributed by atoms with Crippen molar-refractivity contribution in [3.63, 3.8) is 0 Å². The molecular formula is C15H26N4O. The number of nitrogens with zero attached hydrogens (tertiary/aromatic N) is 3. The van der Waals surface area contributed by atoms with Gasteiger partial charge in [-0.3, -0.25) is 4.99 Å². The number of aliphatic imine (C=N–C) groups is 1. The first-order valence-corrected chi connectivity index (χ1v) is 7.38. The largest absolute Gasteiger partial charge is 0.444 e. The lowest BCUT2D eigenvalue weighted by Gasteiger charge is -2.36. The van der Waals surface area contributed by atoms with Crippen LogP contribution in [0.4, 0.5) is 0 Å². The van der Waals surface area contributed by atoms with E-state index in [1.54, 1.807) is 0 Å². The van der Waals surface area contributed by atoms with E-state index in [-0.39, 0.29) is 0 Å². The average Bonchev–Trinajstić information content (AvgIpc) is 2.68. The van der Waals surface area contributed by atoms with E-state index in [1.807, 2.05) is 20.9 Å². The molecule has 0 radical (unpaired) electrons. The van der Waals surface area contributed by atoms with Crippen molar-refractivity contribution in [3.8, 4) is 0 Å². The van der Waals surface area contributed by atoms with Crippen molar-refractivity contribution in [2.45, 2.75) is 40.7 Å². The molecule has 1 fully saturated rings. The zero-order chi connectivity index (χ0) is 14.7. The number of aromatic nitrogens is 1. The molecule has 0 amide bonds. The maximum Gasteiger partial charge on any atom is 0.214 e. The summed E-state index contributed by atoms with van der Waals surface area (Å²) in [6.45, 7) is 11.2. The maximum atomic E-state index is 5.59. The van der Waals surface area contributed by atoms with Gasteiger partial charge < -0.3 is 14.6 Å². The lowest BCUT2D eigenvalue weighted by atomic mass is 9.92. The van der Waals surface area contributed by atoms with Gasteiger partial charge in [-0.15, -0.1) is 0 Å². The van der Waals surface area contributed by atoms with E-state index in [4.69, 9.17) is 4.42 Å². The van der Waals surface area contributed by atoms with Crippen molar-refractivity contribution in [3.05, 3.63) is 17.3 Å². The molecule has 2 heterocycles. The van der Waals surface area contributed by atoms with Gasteiger partial charge in [0.25, 0.3) is 0 Å². The molecule has 2 rings (SSSR count). The Bertz CT molecular complexity index is 451. The highest BCUT2D eigenvalue weighted by molar-refractivity contribution is 5.79. The van der Waals surface area contributed by atoms with E-state index >= 15 is 0 Å². The first-order valence-electron chi connectivity index (χ1n) is 7.38. The first kappa shape index (κ1) is 14.9. The molecule has 1 aromatic rings. The standard InChI is InChI=1S/C15H26N4O/c1-10-6-11(2)9-19(8-10)15(16-5)17-7-14-18-12(3)13(4)20-14/h10-11H,6-9H2,1-5H3,(H,16,17). The molecule has 1 N–H and O–H groups in total. The normalized spacial score (nSPS) is 24.1. The van der Waals surface area contributed by atoms with Gasteiger partial charge in [0.1, 0.15) is 5.76 Å². The zero-order valence-corrected chi connectivity index (χ0v) is 13.2. The number of likely N-dealkylation sites (tertiary alicyclic amines) is 1. The summed E-state index contributed by atoms with van der Waals surface area (Å²) >= 11 is 0. The zero-order valence-electron chi connectivity index (χ0n) is 13.2. The number of rotatable bonds is 2. The molecule has 112 valence electrons. The minimum absolute atomic E-state index is 0.584. The fourth-order valence-corrected chi connectivity index (χ4v) is 2.94. The molecule has 20 heavy (non-hydrogen) atoms. The predicted octanol–water partition coefficient (Wildman–Crippen LogP) is 2.34. The Kier molecular flexibility index (Phi) is 4.68. The van der Waals surface area contributed by atoms with Crippen LogP contribution in [0.15, 0.2) is 9.41 Å². The molecule has 2 atom stereocenters. The molecular weight excluding hydrogens is 252 g/mol. The fraction of sp³-hybridized carbons (Fsp3) is 0.733. The minimum atomic E-state index is 0.584. The summed E-state index contributed by atoms with van der Waals surface area (Å²) in [4.78, 5) is 11.1. The topological polar surface area (TPSA) is 53.7 Å². The number of oxazole rings is 1. The molecule has 1 aromatic heterocycles. The summed E-state index contributed by atoms with van der Waals surface area (Å²) in [6, 6.07) is 0. The van der Waals surface area contributed by atoms with Crippen molar-refractivity contribution < 1.29 is 4.42 Å². The van der Waals surface area contributed by atoms with Crippen molar-refractivity contribution in [1.29, 1.82) is 0 Å². The second-order valence-electron chi connectivity index (χ2n) is 6.00. The van der Waals surface area contributed by atoms with Gasteiger partial charge in [0.2, 0.25) is 5.89 Å². The second kappa shape index (κ2) is 6.29. The molecule has 1 saturated heterocycles. The molecule has 0 spiro atoms. The van der Waals surface area contributed by atoms with Crippen molar-refractivity contribution >= 4 is 5.96 Å². The number of aryl methyl sites for hydroxylation is 2. The monoisotopic (exact) mass is 278 g/mol. The van der Waals surface area contributed by atoms with Crippen LogP contribution in [-0.4, -0.2) is 36.0 Å². The average molecular weight is 278 g/mol. The smallest absolute Gasteiger partial charge is 0.214 e. The summed E-state index contributed by atoms with van der Waals surface area (Å²) < 4.78 is 5.59. The SMILES string of the molecule is CN=C(NCc1nc(C)c(C)o1)N1CC(C)CC(C)C1. The molecule has 1 aliphatic rings. The highest BCUT2D eigenvalue weighted by Crippen LogP contribution is 2.20. The van der Waals surface area contributed by atoms with Crippen molar-refractivity contribution in [2.75, 3.05) is 20.1 Å². The fourth-order valence-electron chi connectivity index (χ4n) is 2.94. The number of hydrogen-bond acceptors (Lipinski definition) is 3. The lowest BCUT2D eigenvalue weighted by Crippen LogP contribution is -2.48. The number of hydrogen-bond donors (Lipinski definition) is 1. The van der Waals surface area contributed by atoms with E-state index in [2.05, 4.69) is 34.0 Å². The van der Waals surface area contributed by atoms with E-state index in [9.17, 15) is 0 Å². The van der Waals surface area contributed by atoms with Crippen LogP contribution < -0.4 is 5.32 Å². The first-order chi connectivity index (χ1) is 9.49. The van der Waals surface area contributed by atoms with E-state index in [0.29, 0.717) is 18.4 Å². The Morgan fingerprint density at radius 3 is 2.50 bits per heavy atom. The Labute approximate surface area is 121 Å². The van der Waals surface area contributed by atoms with E-state index in [1.165, 1.54) is 6.42 Å². The Balaban J connectivity index is 1.95. The van der Waals surface area contributed by atoms with Crippen LogP contribution in [0.5, 0.6) is 0 Å². The van der Waals surface area contributed by atoms with Gasteiger partial charge in [0.05, 0.1) is 12.2 Å². The Morgan fingerprint density at radius 1 is 1.35 bits per heavy atom. The van der Waals surface area contributed by atoms with Crippen LogP contribution in [0.3, 0.4) is 0 Å². The minimum Gasteiger partial charge on any atom is -0.444 e. The summed E-state index contributed by atoms with van der Waals surface area (Å²) in [5.74, 6) is 3.97. The molecule has 0 aromatic carbocycles. The van der Waals surface area contributed by atoms with Crippen molar-refractivity contribution in [1.82, 2.24) is 15.2 Å². The van der Waals surface area contributed by atoms with Gasteiger partial charge in [0, 0.05) is 20.1 Å². The predicted molar refractivity (Wildman–Crippen MR) is 80.7 cm³/mol. The molecule has 0 bridgehead atoms. The summed E-state index contributed by atoms with van der Waals surface area (Å²) in [5, 5.41) is 3.36. The number of piperidine rings is 1. The van der Waals surface area contributed by atoms with E-state index < -0.39 is 0 Å². The quantitative estimate of drug-likeness (QED) is 0.666. The van der Waals surface area contributed by atoms with Gasteiger partial charge in [-0.1, -0.05) is 13.8 Å². The number of nitrogens with one attached hydrogen (secondary N) is 1. The second-order valence-corrected chi connectivity index (χ2v) is 6.00. The van der Waals surface area contributed by atoms with Gasteiger partial charge >= 0.3 is 0 Å². The third-order valence-corrected chi connectivity index (χ3v) is 3.85.